The van der Waals surface area contributed by atoms with Crippen LogP contribution in [0.15, 0.2) is 48.7 Å². The molecule has 1 fully saturated rings. The van der Waals surface area contributed by atoms with Gasteiger partial charge in [0.25, 0.3) is 0 Å². The Hall–Kier alpha value is -2.37. The normalized spacial score (nSPS) is 14.3. The molecule has 0 saturated heterocycles. The number of pyridine rings is 1. The SMILES string of the molecule is Clc1ccc(Nc2cc(-c3ccccn3)nc(NC3CCCC3)n2)c(Cl)c1. The number of halogens is 2. The molecule has 0 bridgehead atoms. The van der Waals surface area contributed by atoms with Gasteiger partial charge in [-0.3, -0.25) is 4.98 Å². The van der Waals surface area contributed by atoms with E-state index in [1.165, 1.54) is 12.8 Å². The van der Waals surface area contributed by atoms with Crippen molar-refractivity contribution in [1.29, 1.82) is 0 Å². The van der Waals surface area contributed by atoms with E-state index in [-0.39, 0.29) is 0 Å². The molecule has 1 aliphatic rings. The molecule has 0 radical (unpaired) electrons. The van der Waals surface area contributed by atoms with Crippen LogP contribution in [0.5, 0.6) is 0 Å². The molecule has 1 saturated carbocycles. The lowest BCUT2D eigenvalue weighted by molar-refractivity contribution is 0.744. The van der Waals surface area contributed by atoms with Gasteiger partial charge in [-0.25, -0.2) is 4.98 Å². The van der Waals surface area contributed by atoms with Crippen LogP contribution >= 0.6 is 23.2 Å². The molecule has 4 rings (SSSR count). The predicted octanol–water partition coefficient (Wildman–Crippen LogP) is 5.94. The first-order chi connectivity index (χ1) is 13.2. The highest BCUT2D eigenvalue weighted by atomic mass is 35.5. The van der Waals surface area contributed by atoms with E-state index in [0.29, 0.717) is 27.9 Å². The number of rotatable bonds is 5. The van der Waals surface area contributed by atoms with E-state index in [1.54, 1.807) is 18.3 Å². The van der Waals surface area contributed by atoms with E-state index in [4.69, 9.17) is 23.2 Å². The first-order valence-corrected chi connectivity index (χ1v) is 9.72. The highest BCUT2D eigenvalue weighted by Crippen LogP contribution is 2.30. The zero-order chi connectivity index (χ0) is 18.6. The molecule has 5 nitrogen and oxygen atoms in total. The first-order valence-electron chi connectivity index (χ1n) is 8.96. The zero-order valence-electron chi connectivity index (χ0n) is 14.6. The van der Waals surface area contributed by atoms with E-state index in [0.717, 1.165) is 29.9 Å². The molecule has 3 aromatic rings. The number of nitrogens with zero attached hydrogens (tertiary/aromatic N) is 3. The lowest BCUT2D eigenvalue weighted by Crippen LogP contribution is -2.17. The fourth-order valence-corrected chi connectivity index (χ4v) is 3.66. The number of nitrogens with one attached hydrogen (secondary N) is 2. The lowest BCUT2D eigenvalue weighted by Gasteiger charge is -2.15. The Bertz CT molecular complexity index is 927. The molecule has 0 aliphatic heterocycles. The van der Waals surface area contributed by atoms with Gasteiger partial charge in [0.2, 0.25) is 5.95 Å². The molecule has 0 atom stereocenters. The highest BCUT2D eigenvalue weighted by molar-refractivity contribution is 6.36. The van der Waals surface area contributed by atoms with Gasteiger partial charge in [-0.2, -0.15) is 4.98 Å². The predicted molar refractivity (Wildman–Crippen MR) is 111 cm³/mol. The van der Waals surface area contributed by atoms with Crippen LogP contribution in [0.25, 0.3) is 11.4 Å². The van der Waals surface area contributed by atoms with Crippen molar-refractivity contribution in [3.63, 3.8) is 0 Å². The molecule has 138 valence electrons. The van der Waals surface area contributed by atoms with E-state index < -0.39 is 0 Å². The fourth-order valence-electron chi connectivity index (χ4n) is 3.20. The van der Waals surface area contributed by atoms with Gasteiger partial charge in [-0.15, -0.1) is 0 Å². The second-order valence-electron chi connectivity index (χ2n) is 6.55. The number of aromatic nitrogens is 3. The van der Waals surface area contributed by atoms with Crippen molar-refractivity contribution in [1.82, 2.24) is 15.0 Å². The number of benzene rings is 1. The van der Waals surface area contributed by atoms with Crippen molar-refractivity contribution in [3.05, 3.63) is 58.7 Å². The summed E-state index contributed by atoms with van der Waals surface area (Å²) in [7, 11) is 0. The molecule has 1 aliphatic carbocycles. The summed E-state index contributed by atoms with van der Waals surface area (Å²) < 4.78 is 0. The van der Waals surface area contributed by atoms with E-state index in [9.17, 15) is 0 Å². The maximum absolute atomic E-state index is 6.30. The standard InChI is InChI=1S/C20H19Cl2N5/c21-13-8-9-16(15(22)11-13)25-19-12-18(17-7-3-4-10-23-17)26-20(27-19)24-14-5-1-2-6-14/h3-4,7-12,14H,1-2,5-6H2,(H2,24,25,26,27). The Morgan fingerprint density at radius 3 is 2.52 bits per heavy atom. The molecule has 0 unspecified atom stereocenters. The summed E-state index contributed by atoms with van der Waals surface area (Å²) >= 11 is 12.3. The number of hydrogen-bond donors (Lipinski definition) is 2. The molecular formula is C20H19Cl2N5. The van der Waals surface area contributed by atoms with Crippen LogP contribution in [0.2, 0.25) is 10.0 Å². The van der Waals surface area contributed by atoms with Gasteiger partial charge >= 0.3 is 0 Å². The van der Waals surface area contributed by atoms with Gasteiger partial charge in [0.1, 0.15) is 5.82 Å². The molecule has 7 heteroatoms. The fraction of sp³-hybridized carbons (Fsp3) is 0.250. The smallest absolute Gasteiger partial charge is 0.225 e. The van der Waals surface area contributed by atoms with Crippen molar-refractivity contribution in [3.8, 4) is 11.4 Å². The molecule has 0 spiro atoms. The second kappa shape index (κ2) is 8.11. The maximum Gasteiger partial charge on any atom is 0.225 e. The second-order valence-corrected chi connectivity index (χ2v) is 7.40. The Morgan fingerprint density at radius 2 is 1.78 bits per heavy atom. The van der Waals surface area contributed by atoms with Gasteiger partial charge in [-0.05, 0) is 43.2 Å². The van der Waals surface area contributed by atoms with Gasteiger partial charge in [0.15, 0.2) is 0 Å². The third-order valence-electron chi connectivity index (χ3n) is 4.54. The van der Waals surface area contributed by atoms with E-state index in [1.807, 2.05) is 30.3 Å². The van der Waals surface area contributed by atoms with E-state index >= 15 is 0 Å². The van der Waals surface area contributed by atoms with Crippen LogP contribution < -0.4 is 10.6 Å². The van der Waals surface area contributed by atoms with Gasteiger partial charge in [0, 0.05) is 23.3 Å². The van der Waals surface area contributed by atoms with Crippen molar-refractivity contribution >= 4 is 40.7 Å². The molecule has 0 amide bonds. The Balaban J connectivity index is 1.68. The zero-order valence-corrected chi connectivity index (χ0v) is 16.1. The van der Waals surface area contributed by atoms with Crippen LogP contribution in [-0.2, 0) is 0 Å². The van der Waals surface area contributed by atoms with Crippen LogP contribution in [0.1, 0.15) is 25.7 Å². The van der Waals surface area contributed by atoms with Crippen LogP contribution in [0.4, 0.5) is 17.5 Å². The van der Waals surface area contributed by atoms with Crippen LogP contribution in [-0.4, -0.2) is 21.0 Å². The summed E-state index contributed by atoms with van der Waals surface area (Å²) in [6.07, 6.45) is 6.52. The quantitative estimate of drug-likeness (QED) is 0.555. The first kappa shape index (κ1) is 18.0. The van der Waals surface area contributed by atoms with Gasteiger partial charge in [-0.1, -0.05) is 42.1 Å². The molecule has 27 heavy (non-hydrogen) atoms. The Labute approximate surface area is 168 Å². The minimum Gasteiger partial charge on any atom is -0.351 e. The van der Waals surface area contributed by atoms with E-state index in [2.05, 4.69) is 25.6 Å². The highest BCUT2D eigenvalue weighted by Gasteiger charge is 2.17. The minimum atomic E-state index is 0.413. The monoisotopic (exact) mass is 399 g/mol. The average molecular weight is 400 g/mol. The molecule has 2 N–H and O–H groups in total. The summed E-state index contributed by atoms with van der Waals surface area (Å²) in [6, 6.07) is 13.4. The van der Waals surface area contributed by atoms with Crippen molar-refractivity contribution in [2.24, 2.45) is 0 Å². The van der Waals surface area contributed by atoms with Crippen LogP contribution in [0.3, 0.4) is 0 Å². The van der Waals surface area contributed by atoms with Gasteiger partial charge < -0.3 is 10.6 Å². The molecule has 2 heterocycles. The minimum absolute atomic E-state index is 0.413. The maximum atomic E-state index is 6.30. The van der Waals surface area contributed by atoms with Crippen molar-refractivity contribution in [2.45, 2.75) is 31.7 Å². The molecule has 1 aromatic carbocycles. The summed E-state index contributed by atoms with van der Waals surface area (Å²) in [5.74, 6) is 1.24. The number of hydrogen-bond acceptors (Lipinski definition) is 5. The summed E-state index contributed by atoms with van der Waals surface area (Å²) in [6.45, 7) is 0. The van der Waals surface area contributed by atoms with Crippen molar-refractivity contribution < 1.29 is 0 Å². The topological polar surface area (TPSA) is 62.7 Å². The Kier molecular flexibility index (Phi) is 5.41. The summed E-state index contributed by atoms with van der Waals surface area (Å²) in [5, 5.41) is 7.84. The molecule has 2 aromatic heterocycles. The lowest BCUT2D eigenvalue weighted by atomic mass is 10.2. The summed E-state index contributed by atoms with van der Waals surface area (Å²) in [4.78, 5) is 13.7. The average Bonchev–Trinajstić information content (AvgIpc) is 3.18. The third kappa shape index (κ3) is 4.49. The summed E-state index contributed by atoms with van der Waals surface area (Å²) in [5.41, 5.74) is 2.27. The van der Waals surface area contributed by atoms with Crippen molar-refractivity contribution in [2.75, 3.05) is 10.6 Å². The molecular weight excluding hydrogens is 381 g/mol. The Morgan fingerprint density at radius 1 is 0.926 bits per heavy atom. The van der Waals surface area contributed by atoms with Gasteiger partial charge in [0.05, 0.1) is 22.1 Å². The number of anilines is 3. The largest absolute Gasteiger partial charge is 0.351 e. The van der Waals surface area contributed by atoms with Crippen LogP contribution in [0, 0.1) is 0 Å². The third-order valence-corrected chi connectivity index (χ3v) is 5.08.